The maximum absolute atomic E-state index is 12.5. The Morgan fingerprint density at radius 2 is 2.06 bits per heavy atom. The molecule has 3 nitrogen and oxygen atoms in total. The van der Waals surface area contributed by atoms with Crippen LogP contribution in [-0.4, -0.2) is 18.5 Å². The maximum atomic E-state index is 12.5. The quantitative estimate of drug-likeness (QED) is 0.889. The molecule has 1 aliphatic heterocycles. The van der Waals surface area contributed by atoms with E-state index in [0.29, 0.717) is 6.54 Å². The van der Waals surface area contributed by atoms with Gasteiger partial charge in [0.2, 0.25) is 5.91 Å². The molecular formula is C15H22N2O. The minimum atomic E-state index is 0.0539. The topological polar surface area (TPSA) is 46.3 Å². The molecule has 0 saturated carbocycles. The lowest BCUT2D eigenvalue weighted by Crippen LogP contribution is -2.48. The number of para-hydroxylation sites is 1. The molecule has 1 aromatic rings. The van der Waals surface area contributed by atoms with Gasteiger partial charge in [-0.1, -0.05) is 32.0 Å². The van der Waals surface area contributed by atoms with Crippen LogP contribution < -0.4 is 10.6 Å². The highest BCUT2D eigenvalue weighted by molar-refractivity contribution is 5.96. The third-order valence-corrected chi connectivity index (χ3v) is 3.78. The molecule has 2 N–H and O–H groups in total. The van der Waals surface area contributed by atoms with Crippen LogP contribution in [-0.2, 0) is 11.2 Å². The first kappa shape index (κ1) is 13.1. The second kappa shape index (κ2) is 5.53. The van der Waals surface area contributed by atoms with Gasteiger partial charge in [0.1, 0.15) is 0 Å². The predicted octanol–water partition coefficient (Wildman–Crippen LogP) is 2.34. The van der Waals surface area contributed by atoms with Gasteiger partial charge in [-0.05, 0) is 30.9 Å². The molecule has 1 aliphatic rings. The Kier molecular flexibility index (Phi) is 4.02. The highest BCUT2D eigenvalue weighted by atomic mass is 16.2. The van der Waals surface area contributed by atoms with Crippen LogP contribution in [0, 0.1) is 5.92 Å². The molecule has 1 aromatic carbocycles. The van der Waals surface area contributed by atoms with Crippen LogP contribution in [0.1, 0.15) is 32.3 Å². The summed E-state index contributed by atoms with van der Waals surface area (Å²) in [5.41, 5.74) is 8.31. The summed E-state index contributed by atoms with van der Waals surface area (Å²) in [7, 11) is 0. The summed E-state index contributed by atoms with van der Waals surface area (Å²) in [4.78, 5) is 14.4. The Labute approximate surface area is 109 Å². The zero-order chi connectivity index (χ0) is 13.1. The Morgan fingerprint density at radius 1 is 1.39 bits per heavy atom. The van der Waals surface area contributed by atoms with E-state index in [-0.39, 0.29) is 17.9 Å². The standard InChI is InChI=1S/C15H22N2O/c1-3-11(4-2)15(18)17-10-13(16)9-12-7-5-6-8-14(12)17/h5-8,11,13H,3-4,9-10,16H2,1-2H3. The highest BCUT2D eigenvalue weighted by Crippen LogP contribution is 2.28. The fraction of sp³-hybridized carbons (Fsp3) is 0.533. The summed E-state index contributed by atoms with van der Waals surface area (Å²) in [6.45, 7) is 4.79. The van der Waals surface area contributed by atoms with E-state index >= 15 is 0 Å². The minimum Gasteiger partial charge on any atom is -0.326 e. The van der Waals surface area contributed by atoms with Crippen LogP contribution in [0.3, 0.4) is 0 Å². The lowest BCUT2D eigenvalue weighted by molar-refractivity contribution is -0.122. The normalized spacial score (nSPS) is 18.9. The van der Waals surface area contributed by atoms with E-state index in [9.17, 15) is 4.79 Å². The fourth-order valence-corrected chi connectivity index (χ4v) is 2.69. The van der Waals surface area contributed by atoms with Crippen molar-refractivity contribution in [2.75, 3.05) is 11.4 Å². The predicted molar refractivity (Wildman–Crippen MR) is 74.5 cm³/mol. The van der Waals surface area contributed by atoms with Crippen molar-refractivity contribution in [1.29, 1.82) is 0 Å². The first-order valence-corrected chi connectivity index (χ1v) is 6.82. The van der Waals surface area contributed by atoms with Crippen molar-refractivity contribution in [2.24, 2.45) is 11.7 Å². The van der Waals surface area contributed by atoms with Crippen molar-refractivity contribution in [1.82, 2.24) is 0 Å². The number of rotatable bonds is 3. The minimum absolute atomic E-state index is 0.0539. The lowest BCUT2D eigenvalue weighted by atomic mass is 9.95. The van der Waals surface area contributed by atoms with Gasteiger partial charge in [-0.25, -0.2) is 0 Å². The molecule has 1 unspecified atom stereocenters. The third-order valence-electron chi connectivity index (χ3n) is 3.78. The van der Waals surface area contributed by atoms with Gasteiger partial charge in [0.05, 0.1) is 0 Å². The second-order valence-corrected chi connectivity index (χ2v) is 5.06. The lowest BCUT2D eigenvalue weighted by Gasteiger charge is -2.35. The Balaban J connectivity index is 2.31. The van der Waals surface area contributed by atoms with Crippen LogP contribution >= 0.6 is 0 Å². The van der Waals surface area contributed by atoms with Gasteiger partial charge in [-0.2, -0.15) is 0 Å². The number of benzene rings is 1. The summed E-state index contributed by atoms with van der Waals surface area (Å²) in [6, 6.07) is 8.15. The molecule has 0 bridgehead atoms. The third kappa shape index (κ3) is 2.41. The molecule has 98 valence electrons. The average Bonchev–Trinajstić information content (AvgIpc) is 2.39. The molecule has 0 saturated heterocycles. The van der Waals surface area contributed by atoms with Gasteiger partial charge in [0.25, 0.3) is 0 Å². The van der Waals surface area contributed by atoms with Crippen molar-refractivity contribution >= 4 is 11.6 Å². The zero-order valence-corrected chi connectivity index (χ0v) is 11.2. The molecule has 0 aromatic heterocycles. The van der Waals surface area contributed by atoms with Crippen LogP contribution in [0.2, 0.25) is 0 Å². The van der Waals surface area contributed by atoms with Gasteiger partial charge in [-0.3, -0.25) is 4.79 Å². The smallest absolute Gasteiger partial charge is 0.230 e. The van der Waals surface area contributed by atoms with Crippen molar-refractivity contribution in [2.45, 2.75) is 39.2 Å². The largest absolute Gasteiger partial charge is 0.326 e. The van der Waals surface area contributed by atoms with E-state index in [1.165, 1.54) is 5.56 Å². The number of hydrogen-bond donors (Lipinski definition) is 1. The van der Waals surface area contributed by atoms with E-state index in [1.54, 1.807) is 0 Å². The Bertz CT molecular complexity index is 426. The molecule has 18 heavy (non-hydrogen) atoms. The highest BCUT2D eigenvalue weighted by Gasteiger charge is 2.29. The summed E-state index contributed by atoms with van der Waals surface area (Å²) in [5.74, 6) is 0.339. The number of carbonyl (C=O) groups excluding carboxylic acids is 1. The molecule has 0 aliphatic carbocycles. The molecule has 0 fully saturated rings. The number of anilines is 1. The summed E-state index contributed by atoms with van der Waals surface area (Å²) in [5, 5.41) is 0. The van der Waals surface area contributed by atoms with Gasteiger partial charge < -0.3 is 10.6 Å². The molecule has 1 heterocycles. The van der Waals surface area contributed by atoms with Gasteiger partial charge in [0.15, 0.2) is 0 Å². The molecule has 1 atom stereocenters. The number of carbonyl (C=O) groups is 1. The van der Waals surface area contributed by atoms with Crippen LogP contribution in [0.5, 0.6) is 0 Å². The molecular weight excluding hydrogens is 224 g/mol. The zero-order valence-electron chi connectivity index (χ0n) is 11.2. The van der Waals surface area contributed by atoms with Crippen molar-refractivity contribution in [3.8, 4) is 0 Å². The Morgan fingerprint density at radius 3 is 2.72 bits per heavy atom. The van der Waals surface area contributed by atoms with Gasteiger partial charge in [-0.15, -0.1) is 0 Å². The van der Waals surface area contributed by atoms with Crippen molar-refractivity contribution < 1.29 is 4.79 Å². The summed E-state index contributed by atoms with van der Waals surface area (Å²) < 4.78 is 0. The van der Waals surface area contributed by atoms with E-state index in [1.807, 2.05) is 23.1 Å². The van der Waals surface area contributed by atoms with E-state index in [4.69, 9.17) is 5.73 Å². The molecule has 1 amide bonds. The number of nitrogens with zero attached hydrogens (tertiary/aromatic N) is 1. The van der Waals surface area contributed by atoms with Gasteiger partial charge >= 0.3 is 0 Å². The number of amides is 1. The number of hydrogen-bond acceptors (Lipinski definition) is 2. The van der Waals surface area contributed by atoms with Crippen molar-refractivity contribution in [3.63, 3.8) is 0 Å². The molecule has 3 heteroatoms. The van der Waals surface area contributed by atoms with E-state index in [2.05, 4.69) is 19.9 Å². The van der Waals surface area contributed by atoms with Gasteiger partial charge in [0, 0.05) is 24.2 Å². The fourth-order valence-electron chi connectivity index (χ4n) is 2.69. The molecule has 2 rings (SSSR count). The average molecular weight is 246 g/mol. The second-order valence-electron chi connectivity index (χ2n) is 5.06. The van der Waals surface area contributed by atoms with Crippen LogP contribution in [0.25, 0.3) is 0 Å². The SMILES string of the molecule is CCC(CC)C(=O)N1CC(N)Cc2ccccc21. The molecule has 0 radical (unpaired) electrons. The monoisotopic (exact) mass is 246 g/mol. The number of fused-ring (bicyclic) bond motifs is 1. The maximum Gasteiger partial charge on any atom is 0.230 e. The van der Waals surface area contributed by atoms with Crippen molar-refractivity contribution in [3.05, 3.63) is 29.8 Å². The summed E-state index contributed by atoms with van der Waals surface area (Å²) in [6.07, 6.45) is 2.65. The Hall–Kier alpha value is -1.35. The van der Waals surface area contributed by atoms with Crippen LogP contribution in [0.15, 0.2) is 24.3 Å². The first-order chi connectivity index (χ1) is 8.67. The van der Waals surface area contributed by atoms with Crippen LogP contribution in [0.4, 0.5) is 5.69 Å². The first-order valence-electron chi connectivity index (χ1n) is 6.82. The molecule has 0 spiro atoms. The number of nitrogens with two attached hydrogens (primary N) is 1. The van der Waals surface area contributed by atoms with E-state index < -0.39 is 0 Å². The summed E-state index contributed by atoms with van der Waals surface area (Å²) >= 11 is 0. The van der Waals surface area contributed by atoms with E-state index in [0.717, 1.165) is 24.9 Å².